The van der Waals surface area contributed by atoms with Crippen molar-refractivity contribution in [2.45, 2.75) is 51.6 Å². The maximum atomic E-state index is 11.9. The first kappa shape index (κ1) is 13.7. The van der Waals surface area contributed by atoms with E-state index in [0.717, 1.165) is 18.6 Å². The lowest BCUT2D eigenvalue weighted by atomic mass is 9.78. The Kier molecular flexibility index (Phi) is 3.38. The van der Waals surface area contributed by atoms with E-state index in [9.17, 15) is 14.7 Å². The Morgan fingerprint density at radius 1 is 1.28 bits per heavy atom. The summed E-state index contributed by atoms with van der Waals surface area (Å²) in [6.45, 7) is 5.67. The number of carbonyl (C=O) groups excluding carboxylic acids is 1. The Balaban J connectivity index is 2.36. The second-order valence-corrected chi connectivity index (χ2v) is 7.28. The first-order valence-electron chi connectivity index (χ1n) is 6.40. The molecule has 0 bridgehead atoms. The summed E-state index contributed by atoms with van der Waals surface area (Å²) >= 11 is 1.65. The van der Waals surface area contributed by atoms with Gasteiger partial charge in [-0.2, -0.15) is 11.8 Å². The number of nitrogens with zero attached hydrogens (tertiary/aromatic N) is 1. The zero-order valence-electron chi connectivity index (χ0n) is 11.2. The van der Waals surface area contributed by atoms with Crippen LogP contribution in [0.3, 0.4) is 0 Å². The van der Waals surface area contributed by atoms with Crippen LogP contribution in [0.5, 0.6) is 0 Å². The highest BCUT2D eigenvalue weighted by Gasteiger charge is 2.55. The average Bonchev–Trinajstić information content (AvgIpc) is 2.99. The van der Waals surface area contributed by atoms with Crippen LogP contribution in [0.15, 0.2) is 0 Å². The minimum Gasteiger partial charge on any atom is -0.479 e. The van der Waals surface area contributed by atoms with E-state index in [1.165, 1.54) is 6.92 Å². The smallest absolute Gasteiger partial charge is 0.330 e. The fourth-order valence-electron chi connectivity index (χ4n) is 3.03. The monoisotopic (exact) mass is 271 g/mol. The van der Waals surface area contributed by atoms with Crippen molar-refractivity contribution in [3.05, 3.63) is 0 Å². The highest BCUT2D eigenvalue weighted by Crippen LogP contribution is 2.46. The van der Waals surface area contributed by atoms with Crippen molar-refractivity contribution in [3.63, 3.8) is 0 Å². The second kappa shape index (κ2) is 4.44. The molecule has 1 amide bonds. The molecule has 1 aliphatic heterocycles. The fraction of sp³-hybridized carbons (Fsp3) is 0.846. The van der Waals surface area contributed by atoms with Crippen molar-refractivity contribution in [1.29, 1.82) is 0 Å². The molecule has 1 saturated heterocycles. The lowest BCUT2D eigenvalue weighted by Crippen LogP contribution is -2.62. The molecule has 0 spiro atoms. The summed E-state index contributed by atoms with van der Waals surface area (Å²) in [5, 5.41) is 9.71. The fourth-order valence-corrected chi connectivity index (χ4v) is 4.48. The number of aliphatic carboxylic acids is 1. The summed E-state index contributed by atoms with van der Waals surface area (Å²) in [7, 11) is 0. The largest absolute Gasteiger partial charge is 0.479 e. The van der Waals surface area contributed by atoms with Gasteiger partial charge in [-0.05, 0) is 30.4 Å². The van der Waals surface area contributed by atoms with Gasteiger partial charge in [0.1, 0.15) is 5.54 Å². The summed E-state index contributed by atoms with van der Waals surface area (Å²) in [6.07, 6.45) is 2.44. The van der Waals surface area contributed by atoms with Gasteiger partial charge in [0, 0.05) is 18.7 Å². The first-order valence-corrected chi connectivity index (χ1v) is 7.55. The third-order valence-electron chi connectivity index (χ3n) is 3.72. The molecule has 0 aromatic carbocycles. The van der Waals surface area contributed by atoms with E-state index in [4.69, 9.17) is 0 Å². The van der Waals surface area contributed by atoms with Gasteiger partial charge in [-0.25, -0.2) is 4.79 Å². The highest BCUT2D eigenvalue weighted by molar-refractivity contribution is 7.99. The van der Waals surface area contributed by atoms with Crippen molar-refractivity contribution in [1.82, 2.24) is 4.90 Å². The van der Waals surface area contributed by atoms with Crippen molar-refractivity contribution in [2.75, 3.05) is 11.5 Å². The van der Waals surface area contributed by atoms with E-state index in [-0.39, 0.29) is 17.4 Å². The third kappa shape index (κ3) is 2.37. The maximum absolute atomic E-state index is 11.9. The Hall–Kier alpha value is -0.710. The Labute approximate surface area is 112 Å². The van der Waals surface area contributed by atoms with E-state index in [0.29, 0.717) is 12.2 Å². The molecule has 1 atom stereocenters. The van der Waals surface area contributed by atoms with E-state index >= 15 is 0 Å². The van der Waals surface area contributed by atoms with Crippen LogP contribution in [-0.2, 0) is 9.59 Å². The van der Waals surface area contributed by atoms with Gasteiger partial charge in [0.2, 0.25) is 5.91 Å². The predicted molar refractivity (Wildman–Crippen MR) is 71.6 cm³/mol. The first-order chi connectivity index (χ1) is 8.28. The van der Waals surface area contributed by atoms with Crippen LogP contribution in [0.2, 0.25) is 0 Å². The number of amides is 1. The quantitative estimate of drug-likeness (QED) is 0.853. The van der Waals surface area contributed by atoms with Gasteiger partial charge in [0.05, 0.1) is 0 Å². The number of carboxylic acids is 1. The van der Waals surface area contributed by atoms with Crippen molar-refractivity contribution < 1.29 is 14.7 Å². The van der Waals surface area contributed by atoms with Gasteiger partial charge in [0.25, 0.3) is 0 Å². The van der Waals surface area contributed by atoms with E-state index < -0.39 is 11.5 Å². The topological polar surface area (TPSA) is 57.6 Å². The van der Waals surface area contributed by atoms with Crippen molar-refractivity contribution in [2.24, 2.45) is 5.41 Å². The van der Waals surface area contributed by atoms with Crippen molar-refractivity contribution in [3.8, 4) is 0 Å². The predicted octanol–water partition coefficient (Wildman–Crippen LogP) is 1.98. The van der Waals surface area contributed by atoms with Crippen LogP contribution in [0, 0.1) is 5.41 Å². The number of thioether (sulfide) groups is 1. The number of hydrogen-bond acceptors (Lipinski definition) is 3. The molecule has 1 unspecified atom stereocenters. The van der Waals surface area contributed by atoms with Crippen molar-refractivity contribution >= 4 is 23.6 Å². The van der Waals surface area contributed by atoms with Crippen LogP contribution >= 0.6 is 11.8 Å². The minimum absolute atomic E-state index is 0.0378. The third-order valence-corrected chi connectivity index (χ3v) is 5.38. The van der Waals surface area contributed by atoms with Crippen LogP contribution < -0.4 is 0 Å². The number of hydrogen-bond donors (Lipinski definition) is 1. The van der Waals surface area contributed by atoms with E-state index in [1.54, 1.807) is 16.7 Å². The Bertz CT molecular complexity index is 378. The molecule has 2 fully saturated rings. The second-order valence-electron chi connectivity index (χ2n) is 6.29. The van der Waals surface area contributed by atoms with Crippen LogP contribution in [0.4, 0.5) is 0 Å². The summed E-state index contributed by atoms with van der Waals surface area (Å²) in [6, 6.07) is 0.146. The zero-order valence-corrected chi connectivity index (χ0v) is 12.0. The maximum Gasteiger partial charge on any atom is 0.330 e. The molecular formula is C13H21NO3S. The number of rotatable bonds is 3. The van der Waals surface area contributed by atoms with Gasteiger partial charge in [-0.3, -0.25) is 4.79 Å². The molecule has 0 aromatic rings. The normalized spacial score (nSPS) is 30.8. The molecule has 0 aromatic heterocycles. The SMILES string of the molecule is CC(=O)N(C1CC1)C1(C(=O)O)CSCC(C)(C)C1. The molecule has 1 N–H and O–H groups in total. The average molecular weight is 271 g/mol. The van der Waals surface area contributed by atoms with Gasteiger partial charge >= 0.3 is 5.97 Å². The van der Waals surface area contributed by atoms with Gasteiger partial charge in [-0.15, -0.1) is 0 Å². The van der Waals surface area contributed by atoms with Crippen LogP contribution in [0.25, 0.3) is 0 Å². The lowest BCUT2D eigenvalue weighted by molar-refractivity contribution is -0.160. The lowest BCUT2D eigenvalue weighted by Gasteiger charge is -2.48. The minimum atomic E-state index is -1.00. The molecule has 0 radical (unpaired) electrons. The van der Waals surface area contributed by atoms with Crippen LogP contribution in [-0.4, -0.2) is 45.0 Å². The molecule has 2 aliphatic rings. The molecule has 5 heteroatoms. The summed E-state index contributed by atoms with van der Waals surface area (Å²) in [5.74, 6) is 0.531. The Morgan fingerprint density at radius 3 is 2.28 bits per heavy atom. The molecule has 1 saturated carbocycles. The van der Waals surface area contributed by atoms with Gasteiger partial charge in [-0.1, -0.05) is 13.8 Å². The molecule has 4 nitrogen and oxygen atoms in total. The van der Waals surface area contributed by atoms with E-state index in [2.05, 4.69) is 13.8 Å². The summed E-state index contributed by atoms with van der Waals surface area (Å²) in [5.41, 5.74) is -1.04. The van der Waals surface area contributed by atoms with Gasteiger partial charge < -0.3 is 10.0 Å². The number of carbonyl (C=O) groups is 2. The van der Waals surface area contributed by atoms with Crippen LogP contribution in [0.1, 0.15) is 40.0 Å². The Morgan fingerprint density at radius 2 is 1.89 bits per heavy atom. The molecular weight excluding hydrogens is 250 g/mol. The number of carboxylic acid groups (broad SMARTS) is 1. The molecule has 2 rings (SSSR count). The zero-order chi connectivity index (χ0) is 13.6. The summed E-state index contributed by atoms with van der Waals surface area (Å²) in [4.78, 5) is 25.4. The molecule has 18 heavy (non-hydrogen) atoms. The summed E-state index contributed by atoms with van der Waals surface area (Å²) < 4.78 is 0. The van der Waals surface area contributed by atoms with E-state index in [1.807, 2.05) is 0 Å². The standard InChI is InChI=1S/C13H21NO3S/c1-9(15)14(10-4-5-10)13(11(16)17)6-12(2,3)7-18-8-13/h10H,4-8H2,1-3H3,(H,16,17). The van der Waals surface area contributed by atoms with Gasteiger partial charge in [0.15, 0.2) is 0 Å². The molecule has 1 aliphatic carbocycles. The molecule has 1 heterocycles. The molecule has 102 valence electrons. The highest BCUT2D eigenvalue weighted by atomic mass is 32.2.